The van der Waals surface area contributed by atoms with E-state index in [1.54, 1.807) is 0 Å². The number of nitro benzene ring substituents is 1. The van der Waals surface area contributed by atoms with Crippen molar-refractivity contribution in [3.63, 3.8) is 0 Å². The van der Waals surface area contributed by atoms with Crippen molar-refractivity contribution in [1.82, 2.24) is 0 Å². The van der Waals surface area contributed by atoms with Gasteiger partial charge in [-0.3, -0.25) is 10.1 Å². The van der Waals surface area contributed by atoms with E-state index in [4.69, 9.17) is 0 Å². The van der Waals surface area contributed by atoms with Crippen LogP contribution < -0.4 is 56.5 Å². The van der Waals surface area contributed by atoms with Gasteiger partial charge in [-0.15, -0.1) is 5.75 Å². The maximum atomic E-state index is 10.7. The summed E-state index contributed by atoms with van der Waals surface area (Å²) >= 11 is 2.98. The van der Waals surface area contributed by atoms with E-state index in [2.05, 4.69) is 15.9 Å². The van der Waals surface area contributed by atoms with Gasteiger partial charge in [-0.05, 0) is 0 Å². The van der Waals surface area contributed by atoms with Crippen LogP contribution in [0.15, 0.2) is 22.7 Å². The van der Waals surface area contributed by atoms with Crippen LogP contribution >= 0.6 is 15.9 Å². The summed E-state index contributed by atoms with van der Waals surface area (Å²) in [5.74, 6) is -0.369. The third-order valence-electron chi connectivity index (χ3n) is 1.07. The summed E-state index contributed by atoms with van der Waals surface area (Å²) in [6, 6.07) is 3.53. The summed E-state index contributed by atoms with van der Waals surface area (Å²) in [5, 5.41) is 20.8. The van der Waals surface area contributed by atoms with Crippen molar-refractivity contribution >= 4 is 21.6 Å². The Hall–Kier alpha value is 0.536. The Bertz CT molecular complexity index is 285. The summed E-state index contributed by atoms with van der Waals surface area (Å²) in [5.41, 5.74) is -0.190. The summed E-state index contributed by atoms with van der Waals surface area (Å²) in [4.78, 5) is 9.55. The van der Waals surface area contributed by atoms with Crippen LogP contribution in [0.5, 0.6) is 5.75 Å². The molecule has 0 saturated heterocycles. The molecule has 0 saturated carbocycles. The van der Waals surface area contributed by atoms with Crippen molar-refractivity contribution in [3.05, 3.63) is 32.8 Å². The molecule has 0 atom stereocenters. The first-order chi connectivity index (χ1) is 5.09. The molecular formula is C6H3BrKNO3. The number of non-ortho nitro benzene ring substituents is 1. The zero-order chi connectivity index (χ0) is 8.43. The number of nitrogens with zero attached hydrogens (tertiary/aromatic N) is 1. The van der Waals surface area contributed by atoms with Gasteiger partial charge in [0.25, 0.3) is 5.69 Å². The Kier molecular flexibility index (Phi) is 5.54. The smallest absolute Gasteiger partial charge is 0.872 e. The van der Waals surface area contributed by atoms with E-state index in [-0.39, 0.29) is 62.8 Å². The molecule has 0 amide bonds. The van der Waals surface area contributed by atoms with Crippen molar-refractivity contribution in [2.24, 2.45) is 0 Å². The molecule has 0 aliphatic rings. The van der Waals surface area contributed by atoms with Crippen molar-refractivity contribution in [1.29, 1.82) is 0 Å². The number of nitro groups is 1. The van der Waals surface area contributed by atoms with Crippen LogP contribution in [0.2, 0.25) is 0 Å². The van der Waals surface area contributed by atoms with Crippen molar-refractivity contribution in [2.75, 3.05) is 0 Å². The Labute approximate surface area is 120 Å². The third kappa shape index (κ3) is 3.50. The fourth-order valence-electron chi connectivity index (χ4n) is 0.653. The fraction of sp³-hybridized carbons (Fsp3) is 0. The third-order valence-corrected chi connectivity index (χ3v) is 1.52. The quantitative estimate of drug-likeness (QED) is 0.346. The molecule has 0 heterocycles. The molecule has 0 aliphatic heterocycles. The fourth-order valence-corrected chi connectivity index (χ4v) is 1.11. The minimum Gasteiger partial charge on any atom is -0.872 e. The van der Waals surface area contributed by atoms with Gasteiger partial charge >= 0.3 is 51.4 Å². The maximum Gasteiger partial charge on any atom is 1.00 e. The van der Waals surface area contributed by atoms with E-state index in [1.807, 2.05) is 0 Å². The second kappa shape index (κ2) is 5.31. The van der Waals surface area contributed by atoms with Crippen LogP contribution in [0, 0.1) is 10.1 Å². The first kappa shape index (κ1) is 12.5. The van der Waals surface area contributed by atoms with Crippen LogP contribution in [-0.4, -0.2) is 4.92 Å². The van der Waals surface area contributed by atoms with E-state index >= 15 is 0 Å². The van der Waals surface area contributed by atoms with Crippen molar-refractivity contribution in [3.8, 4) is 5.75 Å². The summed E-state index contributed by atoms with van der Waals surface area (Å²) < 4.78 is 0.428. The molecule has 58 valence electrons. The standard InChI is InChI=1S/C6H4BrNO3.K/c7-4-1-5(8(10)11)3-6(9)2-4;/h1-3,9H;/q;+1/p-1. The van der Waals surface area contributed by atoms with Gasteiger partial charge in [0.15, 0.2) is 0 Å². The van der Waals surface area contributed by atoms with Gasteiger partial charge in [0, 0.05) is 16.6 Å². The molecule has 0 bridgehead atoms. The minimum atomic E-state index is -0.605. The molecule has 6 heteroatoms. The van der Waals surface area contributed by atoms with E-state index in [1.165, 1.54) is 12.1 Å². The molecule has 0 N–H and O–H groups in total. The molecule has 12 heavy (non-hydrogen) atoms. The van der Waals surface area contributed by atoms with Gasteiger partial charge < -0.3 is 5.11 Å². The average Bonchev–Trinajstić information content (AvgIpc) is 1.85. The normalized spacial score (nSPS) is 8.75. The second-order valence-corrected chi connectivity index (χ2v) is 2.82. The summed E-state index contributed by atoms with van der Waals surface area (Å²) in [6.45, 7) is 0. The molecular weight excluding hydrogens is 253 g/mol. The molecule has 0 aliphatic carbocycles. The van der Waals surface area contributed by atoms with Crippen molar-refractivity contribution < 1.29 is 61.4 Å². The number of hydrogen-bond acceptors (Lipinski definition) is 3. The number of hydrogen-bond donors (Lipinski definition) is 0. The van der Waals surface area contributed by atoms with Gasteiger partial charge in [0.2, 0.25) is 0 Å². The van der Waals surface area contributed by atoms with Crippen molar-refractivity contribution in [2.45, 2.75) is 0 Å². The molecule has 1 aromatic rings. The number of halogens is 1. The predicted molar refractivity (Wildman–Crippen MR) is 40.2 cm³/mol. The molecule has 0 unspecified atom stereocenters. The predicted octanol–water partition coefficient (Wildman–Crippen LogP) is -1.57. The topological polar surface area (TPSA) is 66.2 Å². The molecule has 0 spiro atoms. The van der Waals surface area contributed by atoms with E-state index < -0.39 is 4.92 Å². The van der Waals surface area contributed by atoms with Crippen LogP contribution in [0.1, 0.15) is 0 Å². The van der Waals surface area contributed by atoms with Gasteiger partial charge in [-0.1, -0.05) is 22.0 Å². The summed E-state index contributed by atoms with van der Waals surface area (Å²) in [7, 11) is 0. The average molecular weight is 256 g/mol. The molecule has 0 fully saturated rings. The largest absolute Gasteiger partial charge is 1.00 e. The Balaban J connectivity index is 0.00000121. The molecule has 0 aromatic heterocycles. The van der Waals surface area contributed by atoms with E-state index in [0.29, 0.717) is 4.47 Å². The zero-order valence-electron chi connectivity index (χ0n) is 6.28. The van der Waals surface area contributed by atoms with Gasteiger partial charge in [0.1, 0.15) is 0 Å². The Morgan fingerprint density at radius 3 is 2.33 bits per heavy atom. The molecule has 0 radical (unpaired) electrons. The Morgan fingerprint density at radius 1 is 1.33 bits per heavy atom. The van der Waals surface area contributed by atoms with Gasteiger partial charge in [-0.2, -0.15) is 0 Å². The monoisotopic (exact) mass is 255 g/mol. The number of benzene rings is 1. The Morgan fingerprint density at radius 2 is 1.92 bits per heavy atom. The number of rotatable bonds is 1. The van der Waals surface area contributed by atoms with Crippen LogP contribution in [0.3, 0.4) is 0 Å². The molecule has 1 rings (SSSR count). The SMILES string of the molecule is O=[N+]([O-])c1cc([O-])cc(Br)c1.[K+]. The van der Waals surface area contributed by atoms with Gasteiger partial charge in [0.05, 0.1) is 4.92 Å². The van der Waals surface area contributed by atoms with E-state index in [9.17, 15) is 15.2 Å². The minimum absolute atomic E-state index is 0. The van der Waals surface area contributed by atoms with Crippen LogP contribution in [0.25, 0.3) is 0 Å². The second-order valence-electron chi connectivity index (χ2n) is 1.90. The summed E-state index contributed by atoms with van der Waals surface area (Å²) in [6.07, 6.45) is 0. The van der Waals surface area contributed by atoms with Crippen LogP contribution in [0.4, 0.5) is 5.69 Å². The van der Waals surface area contributed by atoms with E-state index in [0.717, 1.165) is 6.07 Å². The molecule has 1 aromatic carbocycles. The molecule has 4 nitrogen and oxygen atoms in total. The zero-order valence-corrected chi connectivity index (χ0v) is 11.0. The first-order valence-electron chi connectivity index (χ1n) is 2.71. The van der Waals surface area contributed by atoms with Crippen LogP contribution in [-0.2, 0) is 0 Å². The van der Waals surface area contributed by atoms with Gasteiger partial charge in [-0.25, -0.2) is 0 Å². The first-order valence-corrected chi connectivity index (χ1v) is 3.51. The maximum absolute atomic E-state index is 10.7.